The van der Waals surface area contributed by atoms with Gasteiger partial charge in [0.25, 0.3) is 0 Å². The molecule has 0 aromatic rings. The molecule has 4 N–H and O–H groups in total. The summed E-state index contributed by atoms with van der Waals surface area (Å²) in [6.45, 7) is 19.1. The maximum atomic E-state index is 12.9. The van der Waals surface area contributed by atoms with Gasteiger partial charge in [-0.15, -0.1) is 0 Å². The van der Waals surface area contributed by atoms with Crippen molar-refractivity contribution in [2.45, 2.75) is 132 Å². The van der Waals surface area contributed by atoms with Crippen molar-refractivity contribution in [1.82, 2.24) is 0 Å². The zero-order chi connectivity index (χ0) is 30.6. The fraction of sp³-hybridized carbons (Fsp3) is 0.857. The van der Waals surface area contributed by atoms with Gasteiger partial charge >= 0.3 is 5.97 Å². The van der Waals surface area contributed by atoms with Crippen molar-refractivity contribution in [1.29, 1.82) is 0 Å². The predicted molar refractivity (Wildman–Crippen MR) is 160 cm³/mol. The first-order valence-corrected chi connectivity index (χ1v) is 16.0. The molecule has 0 aromatic heterocycles. The van der Waals surface area contributed by atoms with Crippen LogP contribution in [0.4, 0.5) is 0 Å². The minimum absolute atomic E-state index is 0.00516. The van der Waals surface area contributed by atoms with Gasteiger partial charge in [0.15, 0.2) is 0 Å². The first kappa shape index (κ1) is 31.2. The molecule has 4 saturated carbocycles. The Morgan fingerprint density at radius 3 is 2.22 bits per heavy atom. The molecule has 0 spiro atoms. The Kier molecular flexibility index (Phi) is 7.34. The molecule has 6 nitrogen and oxygen atoms in total. The predicted octanol–water partition coefficient (Wildman–Crippen LogP) is 5.57. The standard InChI is InChI=1S/C35H56O6/c1-20(2)16-27(38)41-26-18-30(3,4)17-22-21-10-11-24-32(7)14-13-25(37)31(5,6)23(32)12-15-33(24,8)34(21,9)28(39)29(40)35(22,26)19-36/h10,16,22-26,28-29,36-37,39-40H,11-15,17-19H2,1-9H3. The van der Waals surface area contributed by atoms with E-state index in [9.17, 15) is 25.2 Å². The number of aliphatic hydroxyl groups excluding tert-OH is 4. The van der Waals surface area contributed by atoms with E-state index in [-0.39, 0.29) is 40.3 Å². The van der Waals surface area contributed by atoms with E-state index < -0.39 is 35.1 Å². The molecule has 4 fully saturated rings. The summed E-state index contributed by atoms with van der Waals surface area (Å²) in [6, 6.07) is 0. The smallest absolute Gasteiger partial charge is 0.330 e. The second-order valence-corrected chi connectivity index (χ2v) is 17.0. The fourth-order valence-electron chi connectivity index (χ4n) is 11.5. The summed E-state index contributed by atoms with van der Waals surface area (Å²) in [5.41, 5.74) is -0.547. The normalized spacial score (nSPS) is 49.8. The maximum Gasteiger partial charge on any atom is 0.330 e. The lowest BCUT2D eigenvalue weighted by molar-refractivity contribution is -0.274. The van der Waals surface area contributed by atoms with E-state index in [1.54, 1.807) is 0 Å². The topological polar surface area (TPSA) is 107 Å². The minimum atomic E-state index is -1.24. The van der Waals surface area contributed by atoms with Gasteiger partial charge in [0.05, 0.1) is 30.3 Å². The van der Waals surface area contributed by atoms with E-state index in [1.165, 1.54) is 6.08 Å². The molecule has 0 radical (unpaired) electrons. The first-order valence-electron chi connectivity index (χ1n) is 16.0. The van der Waals surface area contributed by atoms with Crippen molar-refractivity contribution in [2.75, 3.05) is 6.61 Å². The van der Waals surface area contributed by atoms with Crippen LogP contribution < -0.4 is 0 Å². The van der Waals surface area contributed by atoms with Crippen LogP contribution >= 0.6 is 0 Å². The molecule has 5 rings (SSSR count). The largest absolute Gasteiger partial charge is 0.458 e. The van der Waals surface area contributed by atoms with Crippen LogP contribution in [0.25, 0.3) is 0 Å². The quantitative estimate of drug-likeness (QED) is 0.200. The zero-order valence-electron chi connectivity index (χ0n) is 27.0. The summed E-state index contributed by atoms with van der Waals surface area (Å²) in [7, 11) is 0. The van der Waals surface area contributed by atoms with Gasteiger partial charge in [0, 0.05) is 11.5 Å². The third kappa shape index (κ3) is 4.05. The Hall–Kier alpha value is -1.21. The summed E-state index contributed by atoms with van der Waals surface area (Å²) in [5, 5.41) is 46.6. The molecule has 0 heterocycles. The third-order valence-corrected chi connectivity index (χ3v) is 13.9. The van der Waals surface area contributed by atoms with Crippen LogP contribution in [-0.4, -0.2) is 57.4 Å². The molecule has 41 heavy (non-hydrogen) atoms. The Balaban J connectivity index is 1.64. The van der Waals surface area contributed by atoms with Crippen molar-refractivity contribution in [3.05, 3.63) is 23.3 Å². The molecule has 0 aromatic carbocycles. The van der Waals surface area contributed by atoms with Crippen molar-refractivity contribution >= 4 is 5.97 Å². The van der Waals surface area contributed by atoms with E-state index in [2.05, 4.69) is 54.5 Å². The second kappa shape index (κ2) is 9.64. The van der Waals surface area contributed by atoms with Crippen molar-refractivity contribution in [3.63, 3.8) is 0 Å². The van der Waals surface area contributed by atoms with Crippen LogP contribution in [0.1, 0.15) is 107 Å². The lowest BCUT2D eigenvalue weighted by Gasteiger charge is -2.73. The van der Waals surface area contributed by atoms with Gasteiger partial charge in [-0.3, -0.25) is 0 Å². The van der Waals surface area contributed by atoms with Crippen LogP contribution in [0.3, 0.4) is 0 Å². The molecule has 0 bridgehead atoms. The van der Waals surface area contributed by atoms with Crippen LogP contribution in [0.5, 0.6) is 0 Å². The molecule has 5 aliphatic rings. The highest BCUT2D eigenvalue weighted by atomic mass is 16.5. The van der Waals surface area contributed by atoms with Gasteiger partial charge in [0.1, 0.15) is 6.10 Å². The monoisotopic (exact) mass is 572 g/mol. The molecule has 11 unspecified atom stereocenters. The van der Waals surface area contributed by atoms with Crippen molar-refractivity contribution < 1.29 is 30.0 Å². The summed E-state index contributed by atoms with van der Waals surface area (Å²) < 4.78 is 6.09. The summed E-state index contributed by atoms with van der Waals surface area (Å²) in [6.07, 6.45) is 6.19. The Bertz CT molecular complexity index is 1130. The third-order valence-electron chi connectivity index (χ3n) is 13.9. The number of carbonyl (C=O) groups is 1. The number of aliphatic hydroxyl groups is 4. The molecule has 6 heteroatoms. The number of hydrogen-bond acceptors (Lipinski definition) is 6. The van der Waals surface area contributed by atoms with Crippen LogP contribution in [-0.2, 0) is 9.53 Å². The number of rotatable bonds is 3. The average molecular weight is 573 g/mol. The van der Waals surface area contributed by atoms with E-state index in [4.69, 9.17) is 4.74 Å². The van der Waals surface area contributed by atoms with Crippen LogP contribution in [0, 0.1) is 50.2 Å². The van der Waals surface area contributed by atoms with Gasteiger partial charge in [-0.25, -0.2) is 4.79 Å². The van der Waals surface area contributed by atoms with E-state index in [1.807, 2.05) is 13.8 Å². The van der Waals surface area contributed by atoms with Crippen molar-refractivity contribution in [2.24, 2.45) is 50.2 Å². The van der Waals surface area contributed by atoms with E-state index in [0.717, 1.165) is 49.7 Å². The summed E-state index contributed by atoms with van der Waals surface area (Å²) in [5.74, 6) is -0.0185. The van der Waals surface area contributed by atoms with E-state index in [0.29, 0.717) is 18.3 Å². The number of ether oxygens (including phenoxy) is 1. The number of fused-ring (bicyclic) bond motifs is 7. The summed E-state index contributed by atoms with van der Waals surface area (Å²) >= 11 is 0. The van der Waals surface area contributed by atoms with Gasteiger partial charge in [-0.05, 0) is 98.2 Å². The lowest BCUT2D eigenvalue weighted by Crippen LogP contribution is -2.74. The molecule has 5 aliphatic carbocycles. The van der Waals surface area contributed by atoms with Gasteiger partial charge in [-0.1, -0.05) is 65.7 Å². The Morgan fingerprint density at radius 1 is 0.951 bits per heavy atom. The number of esters is 1. The summed E-state index contributed by atoms with van der Waals surface area (Å²) in [4.78, 5) is 12.9. The maximum absolute atomic E-state index is 12.9. The van der Waals surface area contributed by atoms with Crippen LogP contribution in [0.15, 0.2) is 23.3 Å². The van der Waals surface area contributed by atoms with Crippen LogP contribution in [0.2, 0.25) is 0 Å². The number of allylic oxidation sites excluding steroid dienone is 2. The highest BCUT2D eigenvalue weighted by molar-refractivity contribution is 5.82. The molecule has 0 saturated heterocycles. The molecule has 0 amide bonds. The molecular weight excluding hydrogens is 516 g/mol. The highest BCUT2D eigenvalue weighted by Gasteiger charge is 2.74. The average Bonchev–Trinajstić information content (AvgIpc) is 2.85. The lowest BCUT2D eigenvalue weighted by atomic mass is 9.32. The molecule has 232 valence electrons. The Labute approximate surface area is 247 Å². The number of hydrogen-bond donors (Lipinski definition) is 4. The highest BCUT2D eigenvalue weighted by Crippen LogP contribution is 2.75. The SMILES string of the molecule is CC(C)=CC(=O)OC1CC(C)(C)CC2C3=CCC4C5(C)CCC(O)C(C)(C)C5CCC4(C)C3(C)C(O)C(O)C12CO. The fourth-order valence-corrected chi connectivity index (χ4v) is 11.5. The molecular formula is C35H56O6. The zero-order valence-corrected chi connectivity index (χ0v) is 27.0. The van der Waals surface area contributed by atoms with Gasteiger partial charge < -0.3 is 25.2 Å². The van der Waals surface area contributed by atoms with Gasteiger partial charge in [0.2, 0.25) is 0 Å². The van der Waals surface area contributed by atoms with E-state index >= 15 is 0 Å². The second-order valence-electron chi connectivity index (χ2n) is 17.0. The number of carbonyl (C=O) groups excluding carboxylic acids is 1. The first-order chi connectivity index (χ1) is 18.8. The van der Waals surface area contributed by atoms with Crippen molar-refractivity contribution in [3.8, 4) is 0 Å². The Morgan fingerprint density at radius 2 is 1.61 bits per heavy atom. The molecule has 11 atom stereocenters. The van der Waals surface area contributed by atoms with Gasteiger partial charge in [-0.2, -0.15) is 0 Å². The molecule has 0 aliphatic heterocycles. The minimum Gasteiger partial charge on any atom is -0.458 e.